The highest BCUT2D eigenvalue weighted by molar-refractivity contribution is 5.81. The number of likely N-dealkylation sites (N-methyl/N-ethyl adjacent to an activating group) is 1. The van der Waals surface area contributed by atoms with Crippen LogP contribution in [-0.4, -0.2) is 44.7 Å². The molecule has 20 heavy (non-hydrogen) atoms. The van der Waals surface area contributed by atoms with Gasteiger partial charge in [-0.15, -0.1) is 0 Å². The average Bonchev–Trinajstić information content (AvgIpc) is 2.44. The van der Waals surface area contributed by atoms with Gasteiger partial charge in [0.15, 0.2) is 11.5 Å². The van der Waals surface area contributed by atoms with Crippen LogP contribution in [0, 0.1) is 0 Å². The van der Waals surface area contributed by atoms with E-state index in [-0.39, 0.29) is 11.3 Å². The first kappa shape index (κ1) is 11.9. The molecule has 0 N–H and O–H groups in total. The van der Waals surface area contributed by atoms with Crippen LogP contribution in [0.3, 0.4) is 0 Å². The maximum Gasteiger partial charge on any atom is 0.471 e. The van der Waals surface area contributed by atoms with E-state index in [0.717, 1.165) is 0 Å². The van der Waals surface area contributed by atoms with E-state index in [0.29, 0.717) is 17.1 Å². The molecule has 7 heteroatoms. The Morgan fingerprint density at radius 2 is 1.95 bits per heavy atom. The minimum Gasteiger partial charge on any atom is -0.493 e. The number of methoxy groups -OCH3 is 2. The molecule has 1 amide bonds. The van der Waals surface area contributed by atoms with E-state index >= 15 is 0 Å². The number of hydrogen-bond donors (Lipinski definition) is 0. The molecular formula is C13H16F3NO3. The number of carbonyl (C=O) groups is 1. The summed E-state index contributed by atoms with van der Waals surface area (Å²) < 4.78 is 68.9. The molecule has 0 atom stereocenters. The van der Waals surface area contributed by atoms with Crippen LogP contribution in [0.15, 0.2) is 18.2 Å². The van der Waals surface area contributed by atoms with Crippen LogP contribution in [0.1, 0.15) is 9.68 Å². The average molecular weight is 294 g/mol. The minimum absolute atomic E-state index is 0.0828. The van der Waals surface area contributed by atoms with Crippen molar-refractivity contribution < 1.29 is 31.6 Å². The second-order valence-electron chi connectivity index (χ2n) is 3.89. The molecule has 1 aromatic carbocycles. The van der Waals surface area contributed by atoms with Crippen LogP contribution < -0.4 is 9.47 Å². The van der Waals surface area contributed by atoms with Crippen LogP contribution >= 0.6 is 0 Å². The first-order valence-electron chi connectivity index (χ1n) is 7.10. The van der Waals surface area contributed by atoms with Crippen molar-refractivity contribution in [3.8, 4) is 11.5 Å². The third-order valence-electron chi connectivity index (χ3n) is 2.56. The van der Waals surface area contributed by atoms with Gasteiger partial charge < -0.3 is 14.4 Å². The molecule has 0 spiro atoms. The number of hydrogen-bond acceptors (Lipinski definition) is 3. The number of benzene rings is 1. The van der Waals surface area contributed by atoms with Crippen LogP contribution in [0.2, 0.25) is 0 Å². The lowest BCUT2D eigenvalue weighted by Gasteiger charge is -2.18. The van der Waals surface area contributed by atoms with E-state index in [4.69, 9.17) is 13.6 Å². The number of amides is 1. The number of alkyl halides is 3. The van der Waals surface area contributed by atoms with Crippen molar-refractivity contribution in [3.05, 3.63) is 23.8 Å². The topological polar surface area (TPSA) is 38.8 Å². The van der Waals surface area contributed by atoms with Crippen molar-refractivity contribution in [2.24, 2.45) is 0 Å². The van der Waals surface area contributed by atoms with E-state index in [9.17, 15) is 18.0 Å². The predicted octanol–water partition coefficient (Wildman–Crippen LogP) is 2.27. The largest absolute Gasteiger partial charge is 0.493 e. The number of rotatable bonds is 5. The highest BCUT2D eigenvalue weighted by atomic mass is 19.4. The Morgan fingerprint density at radius 3 is 2.45 bits per heavy atom. The summed E-state index contributed by atoms with van der Waals surface area (Å²) in [4.78, 5) is 11.1. The lowest BCUT2D eigenvalue weighted by molar-refractivity contribution is -0.184. The molecule has 0 fully saturated rings. The maximum atomic E-state index is 12.5. The molecule has 1 aromatic rings. The number of nitrogens with zero attached hydrogens (tertiary/aromatic N) is 1. The van der Waals surface area contributed by atoms with Crippen molar-refractivity contribution in [2.45, 2.75) is 12.6 Å². The summed E-state index contributed by atoms with van der Waals surface area (Å²) in [5.41, 5.74) is 0.506. The van der Waals surface area contributed by atoms with Gasteiger partial charge in [-0.1, -0.05) is 6.07 Å². The van der Waals surface area contributed by atoms with Gasteiger partial charge in [-0.2, -0.15) is 13.2 Å². The van der Waals surface area contributed by atoms with Crippen molar-refractivity contribution in [3.63, 3.8) is 0 Å². The van der Waals surface area contributed by atoms with E-state index < -0.39 is 25.6 Å². The zero-order valence-electron chi connectivity index (χ0n) is 14.0. The molecular weight excluding hydrogens is 275 g/mol. The fourth-order valence-corrected chi connectivity index (χ4v) is 1.53. The molecule has 0 aliphatic heterocycles. The number of carbonyl (C=O) groups excluding carboxylic acids is 1. The molecule has 0 aromatic heterocycles. The monoisotopic (exact) mass is 294 g/mol. The van der Waals surface area contributed by atoms with E-state index in [1.807, 2.05) is 0 Å². The van der Waals surface area contributed by atoms with Crippen molar-refractivity contribution >= 4 is 5.91 Å². The quantitative estimate of drug-likeness (QED) is 0.836. The fourth-order valence-electron chi connectivity index (χ4n) is 1.53. The third kappa shape index (κ3) is 4.04. The molecule has 0 aliphatic rings. The Labute approximate surface area is 119 Å². The smallest absolute Gasteiger partial charge is 0.471 e. The van der Waals surface area contributed by atoms with Gasteiger partial charge in [0.2, 0.25) is 0 Å². The predicted molar refractivity (Wildman–Crippen MR) is 66.9 cm³/mol. The zero-order chi connectivity index (χ0) is 17.8. The summed E-state index contributed by atoms with van der Waals surface area (Å²) in [7, 11) is 2.82. The second-order valence-corrected chi connectivity index (χ2v) is 3.89. The summed E-state index contributed by atoms with van der Waals surface area (Å²) in [6.45, 7) is -3.78. The standard InChI is InChI=1S/C13H16F3NO3/c1-17(12(18)13(14,15)16)7-6-9-4-5-10(19-2)11(8-9)20-3/h4-5,8H,6-7H2,1-3H3/i1D3. The lowest BCUT2D eigenvalue weighted by Crippen LogP contribution is -2.39. The number of halogens is 3. The molecule has 1 rings (SSSR count). The van der Waals surface area contributed by atoms with Crippen LogP contribution in [0.4, 0.5) is 13.2 Å². The van der Waals surface area contributed by atoms with Crippen molar-refractivity contribution in [2.75, 3.05) is 27.7 Å². The SMILES string of the molecule is [2H]C([2H])([2H])N(CCc1ccc(OC)c(OC)c1)C(=O)C(F)(F)F. The molecule has 112 valence electrons. The van der Waals surface area contributed by atoms with Crippen LogP contribution in [0.25, 0.3) is 0 Å². The van der Waals surface area contributed by atoms with E-state index in [1.54, 1.807) is 12.1 Å². The zero-order valence-corrected chi connectivity index (χ0v) is 11.0. The minimum atomic E-state index is -5.24. The Kier molecular flexibility index (Phi) is 3.85. The molecule has 0 unspecified atom stereocenters. The fraction of sp³-hybridized carbons (Fsp3) is 0.462. The Hall–Kier alpha value is -1.92. The van der Waals surface area contributed by atoms with Gasteiger partial charge in [0.25, 0.3) is 0 Å². The van der Waals surface area contributed by atoms with Gasteiger partial charge in [-0.05, 0) is 24.1 Å². The molecule has 0 aliphatic carbocycles. The summed E-state index contributed by atoms with van der Waals surface area (Å²) >= 11 is 0. The second kappa shape index (κ2) is 6.49. The lowest BCUT2D eigenvalue weighted by atomic mass is 10.1. The summed E-state index contributed by atoms with van der Waals surface area (Å²) in [6.07, 6.45) is -5.33. The van der Waals surface area contributed by atoms with Gasteiger partial charge in [0, 0.05) is 17.6 Å². The molecule has 0 radical (unpaired) electrons. The van der Waals surface area contributed by atoms with Crippen LogP contribution in [-0.2, 0) is 11.2 Å². The Balaban J connectivity index is 2.93. The molecule has 0 saturated carbocycles. The van der Waals surface area contributed by atoms with Gasteiger partial charge >= 0.3 is 12.1 Å². The van der Waals surface area contributed by atoms with Crippen molar-refractivity contribution in [1.29, 1.82) is 0 Å². The molecule has 0 bridgehead atoms. The van der Waals surface area contributed by atoms with Gasteiger partial charge in [-0.25, -0.2) is 0 Å². The number of ether oxygens (including phenoxy) is 2. The highest BCUT2D eigenvalue weighted by Gasteiger charge is 2.40. The highest BCUT2D eigenvalue weighted by Crippen LogP contribution is 2.27. The van der Waals surface area contributed by atoms with Crippen molar-refractivity contribution in [1.82, 2.24) is 4.90 Å². The summed E-state index contributed by atoms with van der Waals surface area (Å²) in [5, 5.41) is 0. The summed E-state index contributed by atoms with van der Waals surface area (Å²) in [6, 6.07) is 4.60. The van der Waals surface area contributed by atoms with E-state index in [1.165, 1.54) is 20.3 Å². The first-order valence-corrected chi connectivity index (χ1v) is 5.60. The Morgan fingerprint density at radius 1 is 1.30 bits per heavy atom. The Bertz CT molecular complexity index is 562. The maximum absolute atomic E-state index is 12.5. The molecule has 0 heterocycles. The summed E-state index contributed by atoms with van der Waals surface area (Å²) in [5.74, 6) is -1.61. The van der Waals surface area contributed by atoms with Gasteiger partial charge in [0.05, 0.1) is 14.2 Å². The molecule has 0 saturated heterocycles. The van der Waals surface area contributed by atoms with Gasteiger partial charge in [0.1, 0.15) is 0 Å². The normalized spacial score (nSPS) is 13.9. The third-order valence-corrected chi connectivity index (χ3v) is 2.56. The molecule has 4 nitrogen and oxygen atoms in total. The first-order chi connectivity index (χ1) is 10.5. The van der Waals surface area contributed by atoms with Gasteiger partial charge in [-0.3, -0.25) is 4.79 Å². The van der Waals surface area contributed by atoms with E-state index in [2.05, 4.69) is 0 Å². The van der Waals surface area contributed by atoms with Crippen LogP contribution in [0.5, 0.6) is 11.5 Å².